The average Bonchev–Trinajstić information content (AvgIpc) is 2.85. The highest BCUT2D eigenvalue weighted by molar-refractivity contribution is 7.93. The number of rotatable bonds is 8. The first-order chi connectivity index (χ1) is 16.7. The highest BCUT2D eigenvalue weighted by Crippen LogP contribution is 2.27. The van der Waals surface area contributed by atoms with Crippen molar-refractivity contribution in [1.29, 1.82) is 0 Å². The Morgan fingerprint density at radius 3 is 2.40 bits per heavy atom. The van der Waals surface area contributed by atoms with Crippen LogP contribution >= 0.6 is 0 Å². The van der Waals surface area contributed by atoms with E-state index < -0.39 is 28.0 Å². The van der Waals surface area contributed by atoms with Crippen molar-refractivity contribution in [3.63, 3.8) is 0 Å². The van der Waals surface area contributed by atoms with E-state index in [9.17, 15) is 17.6 Å². The van der Waals surface area contributed by atoms with Gasteiger partial charge in [0, 0.05) is 36.4 Å². The molecule has 0 atom stereocenters. The first kappa shape index (κ1) is 25.1. The summed E-state index contributed by atoms with van der Waals surface area (Å²) >= 11 is 0. The Bertz CT molecular complexity index is 1300. The lowest BCUT2D eigenvalue weighted by atomic mass is 9.94. The van der Waals surface area contributed by atoms with Gasteiger partial charge in [-0.25, -0.2) is 12.8 Å². The maximum Gasteiger partial charge on any atom is 0.262 e. The molecule has 1 aliphatic heterocycles. The van der Waals surface area contributed by atoms with E-state index in [1.54, 1.807) is 36.4 Å². The Balaban J connectivity index is 1.50. The van der Waals surface area contributed by atoms with E-state index in [0.29, 0.717) is 16.8 Å². The number of halogens is 1. The van der Waals surface area contributed by atoms with E-state index in [2.05, 4.69) is 14.9 Å². The molecule has 0 bridgehead atoms. The van der Waals surface area contributed by atoms with Gasteiger partial charge in [-0.15, -0.1) is 0 Å². The number of hydrogen-bond donors (Lipinski definition) is 2. The molecule has 7 nitrogen and oxygen atoms in total. The number of morpholine rings is 1. The third-order valence-electron chi connectivity index (χ3n) is 6.05. The number of anilines is 2. The average molecular weight is 500 g/mol. The number of ether oxygens (including phenoxy) is 1. The topological polar surface area (TPSA) is 87.7 Å². The van der Waals surface area contributed by atoms with Gasteiger partial charge < -0.3 is 10.1 Å². The summed E-state index contributed by atoms with van der Waals surface area (Å²) in [6.07, 6.45) is 0. The summed E-state index contributed by atoms with van der Waals surface area (Å²) in [4.78, 5) is 14.7. The molecule has 9 heteroatoms. The normalized spacial score (nSPS) is 15.2. The van der Waals surface area contributed by atoms with Crippen molar-refractivity contribution in [3.8, 4) is 0 Å². The zero-order valence-electron chi connectivity index (χ0n) is 19.9. The molecule has 35 heavy (non-hydrogen) atoms. The highest BCUT2D eigenvalue weighted by atomic mass is 32.2. The summed E-state index contributed by atoms with van der Waals surface area (Å²) in [5.74, 6) is -0.447. The zero-order chi connectivity index (χ0) is 25.1. The molecule has 186 valence electrons. The predicted octanol–water partition coefficient (Wildman–Crippen LogP) is 4.41. The molecule has 2 N–H and O–H groups in total. The smallest absolute Gasteiger partial charge is 0.262 e. The second-order valence-electron chi connectivity index (χ2n) is 9.35. The van der Waals surface area contributed by atoms with Gasteiger partial charge in [0.2, 0.25) is 5.91 Å². The third-order valence-corrected chi connectivity index (χ3v) is 7.49. The SMILES string of the molecule is CC(C)(CF)C(=O)Nc1ccc(NS(=O)(=O)c2cccc3cc(CN4CCOCC4)ccc23)cc1. The van der Waals surface area contributed by atoms with Crippen LogP contribution in [0.15, 0.2) is 65.6 Å². The Morgan fingerprint density at radius 1 is 1.03 bits per heavy atom. The van der Waals surface area contributed by atoms with E-state index in [-0.39, 0.29) is 4.90 Å². The number of carbonyl (C=O) groups is 1. The maximum atomic E-state index is 13.2. The van der Waals surface area contributed by atoms with E-state index in [1.807, 2.05) is 24.3 Å². The lowest BCUT2D eigenvalue weighted by Gasteiger charge is -2.26. The van der Waals surface area contributed by atoms with Crippen molar-refractivity contribution in [2.24, 2.45) is 5.41 Å². The number of amides is 1. The first-order valence-electron chi connectivity index (χ1n) is 11.5. The Morgan fingerprint density at radius 2 is 1.71 bits per heavy atom. The van der Waals surface area contributed by atoms with Crippen LogP contribution in [0.3, 0.4) is 0 Å². The number of nitrogens with zero attached hydrogens (tertiary/aromatic N) is 1. The van der Waals surface area contributed by atoms with E-state index in [4.69, 9.17) is 4.74 Å². The summed E-state index contributed by atoms with van der Waals surface area (Å²) in [5.41, 5.74) is 0.790. The number of carbonyl (C=O) groups excluding carboxylic acids is 1. The van der Waals surface area contributed by atoms with Crippen LogP contribution in [0.4, 0.5) is 15.8 Å². The molecule has 4 rings (SSSR count). The van der Waals surface area contributed by atoms with Crippen LogP contribution in [-0.2, 0) is 26.1 Å². The molecule has 1 heterocycles. The van der Waals surface area contributed by atoms with Gasteiger partial charge >= 0.3 is 0 Å². The fourth-order valence-corrected chi connectivity index (χ4v) is 5.14. The molecule has 3 aromatic carbocycles. The molecule has 1 saturated heterocycles. The molecular formula is C26H30FN3O4S. The van der Waals surface area contributed by atoms with Gasteiger partial charge in [0.1, 0.15) is 6.67 Å². The summed E-state index contributed by atoms with van der Waals surface area (Å²) in [7, 11) is -3.86. The van der Waals surface area contributed by atoms with Crippen LogP contribution in [0.1, 0.15) is 19.4 Å². The highest BCUT2D eigenvalue weighted by Gasteiger charge is 2.27. The van der Waals surface area contributed by atoms with Gasteiger partial charge in [-0.05, 0) is 61.2 Å². The van der Waals surface area contributed by atoms with Crippen LogP contribution in [0.5, 0.6) is 0 Å². The van der Waals surface area contributed by atoms with Crippen molar-refractivity contribution in [2.75, 3.05) is 43.0 Å². The third kappa shape index (κ3) is 5.98. The number of sulfonamides is 1. The van der Waals surface area contributed by atoms with Crippen molar-refractivity contribution < 1.29 is 22.3 Å². The van der Waals surface area contributed by atoms with E-state index >= 15 is 0 Å². The second kappa shape index (κ2) is 10.3. The van der Waals surface area contributed by atoms with Gasteiger partial charge in [-0.2, -0.15) is 0 Å². The van der Waals surface area contributed by atoms with Crippen LogP contribution in [-0.4, -0.2) is 52.2 Å². The van der Waals surface area contributed by atoms with Crippen LogP contribution < -0.4 is 10.0 Å². The molecule has 0 aliphatic carbocycles. The van der Waals surface area contributed by atoms with Gasteiger partial charge in [-0.1, -0.05) is 24.3 Å². The summed E-state index contributed by atoms with van der Waals surface area (Å²) in [6.45, 7) is 6.26. The monoisotopic (exact) mass is 499 g/mol. The minimum absolute atomic E-state index is 0.190. The lowest BCUT2D eigenvalue weighted by Crippen LogP contribution is -2.35. The summed E-state index contributed by atoms with van der Waals surface area (Å²) in [6, 6.07) is 17.3. The fraction of sp³-hybridized carbons (Fsp3) is 0.346. The first-order valence-corrected chi connectivity index (χ1v) is 13.0. The number of nitrogens with one attached hydrogen (secondary N) is 2. The lowest BCUT2D eigenvalue weighted by molar-refractivity contribution is -0.124. The maximum absolute atomic E-state index is 13.2. The molecule has 3 aromatic rings. The molecule has 0 aromatic heterocycles. The van der Waals surface area contributed by atoms with Crippen LogP contribution in [0, 0.1) is 5.41 Å². The minimum atomic E-state index is -3.86. The van der Waals surface area contributed by atoms with Gasteiger partial charge in [0.05, 0.1) is 23.5 Å². The fourth-order valence-electron chi connectivity index (χ4n) is 3.85. The Labute approximate surface area is 205 Å². The van der Waals surface area contributed by atoms with Crippen molar-refractivity contribution in [2.45, 2.75) is 25.3 Å². The molecule has 0 spiro atoms. The molecule has 0 saturated carbocycles. The standard InChI is InChI=1S/C26H30FN3O4S/c1-26(2,18-27)25(31)28-21-7-9-22(10-8-21)29-35(32,33)24-5-3-4-20-16-19(6-11-23(20)24)17-30-12-14-34-15-13-30/h3-11,16,29H,12-15,17-18H2,1-2H3,(H,28,31). The Hall–Kier alpha value is -3.01. The molecular weight excluding hydrogens is 469 g/mol. The zero-order valence-corrected chi connectivity index (χ0v) is 20.7. The largest absolute Gasteiger partial charge is 0.379 e. The number of benzene rings is 3. The number of fused-ring (bicyclic) bond motifs is 1. The summed E-state index contributed by atoms with van der Waals surface area (Å²) in [5, 5.41) is 4.14. The molecule has 1 aliphatic rings. The van der Waals surface area contributed by atoms with Crippen LogP contribution in [0.2, 0.25) is 0 Å². The van der Waals surface area contributed by atoms with E-state index in [0.717, 1.165) is 43.8 Å². The molecule has 1 amide bonds. The quantitative estimate of drug-likeness (QED) is 0.480. The molecule has 0 unspecified atom stereocenters. The number of alkyl halides is 1. The molecule has 0 radical (unpaired) electrons. The van der Waals surface area contributed by atoms with Crippen molar-refractivity contribution in [3.05, 3.63) is 66.2 Å². The number of hydrogen-bond acceptors (Lipinski definition) is 5. The van der Waals surface area contributed by atoms with Crippen molar-refractivity contribution >= 4 is 38.1 Å². The van der Waals surface area contributed by atoms with Gasteiger partial charge in [-0.3, -0.25) is 14.4 Å². The van der Waals surface area contributed by atoms with Crippen LogP contribution in [0.25, 0.3) is 10.8 Å². The second-order valence-corrected chi connectivity index (χ2v) is 11.0. The minimum Gasteiger partial charge on any atom is -0.379 e. The summed E-state index contributed by atoms with van der Waals surface area (Å²) < 4.78 is 47.5. The van der Waals surface area contributed by atoms with Gasteiger partial charge in [0.15, 0.2) is 0 Å². The van der Waals surface area contributed by atoms with Gasteiger partial charge in [0.25, 0.3) is 10.0 Å². The Kier molecular flexibility index (Phi) is 7.39. The van der Waals surface area contributed by atoms with Crippen molar-refractivity contribution in [1.82, 2.24) is 4.90 Å². The van der Waals surface area contributed by atoms with E-state index in [1.165, 1.54) is 13.8 Å². The predicted molar refractivity (Wildman–Crippen MR) is 136 cm³/mol. The molecule has 1 fully saturated rings.